The summed E-state index contributed by atoms with van der Waals surface area (Å²) in [4.78, 5) is 23.7. The van der Waals surface area contributed by atoms with Gasteiger partial charge in [0.25, 0.3) is 0 Å². The first-order chi connectivity index (χ1) is 23.0. The third-order valence-corrected chi connectivity index (χ3v) is 8.23. The van der Waals surface area contributed by atoms with Gasteiger partial charge in [0.2, 0.25) is 11.9 Å². The van der Waals surface area contributed by atoms with Gasteiger partial charge < -0.3 is 25.7 Å². The molecule has 4 heterocycles. The van der Waals surface area contributed by atoms with Gasteiger partial charge in [0.05, 0.1) is 11.4 Å². The third kappa shape index (κ3) is 7.12. The van der Waals surface area contributed by atoms with Gasteiger partial charge in [0.1, 0.15) is 29.3 Å². The van der Waals surface area contributed by atoms with E-state index in [9.17, 15) is 5.11 Å². The zero-order valence-corrected chi connectivity index (χ0v) is 28.0. The molecule has 6 aromatic rings. The standard InChI is InChI=1S/C18H16ClN5.C18H17N5O/c1-10-8-13(4-5-14(10)19)23-18-21-7-6-15(24-18)17-11(2)16(9-20)22-12(17)3;1-10-4-5-13(8-16(10)24)22-18-20-7-6-14(23-18)17-11(2)15(9-19)21-12(17)3/h4-8,22H,1-3H3,(H,21,23,24);4-8,21,24H,1-3H3,(H,20,22,23). The average molecular weight is 657 g/mol. The first-order valence-electron chi connectivity index (χ1n) is 14.9. The lowest BCUT2D eigenvalue weighted by molar-refractivity contribution is 0.471. The van der Waals surface area contributed by atoms with Crippen LogP contribution in [0.15, 0.2) is 60.9 Å². The summed E-state index contributed by atoms with van der Waals surface area (Å²) in [6.07, 6.45) is 3.36. The van der Waals surface area contributed by atoms with Crippen LogP contribution in [0, 0.1) is 64.2 Å². The van der Waals surface area contributed by atoms with Crippen LogP contribution in [0.5, 0.6) is 5.75 Å². The van der Waals surface area contributed by atoms with Crippen LogP contribution >= 0.6 is 11.6 Å². The Balaban J connectivity index is 0.000000188. The Labute approximate surface area is 283 Å². The number of aromatic hydroxyl groups is 1. The summed E-state index contributed by atoms with van der Waals surface area (Å²) in [5.74, 6) is 1.13. The fourth-order valence-electron chi connectivity index (χ4n) is 5.28. The molecular formula is C36H33ClN10O. The largest absolute Gasteiger partial charge is 0.508 e. The Morgan fingerprint density at radius 3 is 1.58 bits per heavy atom. The Kier molecular flexibility index (Phi) is 9.74. The second kappa shape index (κ2) is 14.1. The molecule has 12 heteroatoms. The molecule has 0 atom stereocenters. The topological polar surface area (TPSA) is 175 Å². The SMILES string of the molecule is Cc1cc(Nc2nccc(-c3c(C)[nH]c(C#N)c3C)n2)ccc1Cl.Cc1ccc(Nc2nccc(-c3c(C)[nH]c(C#N)c3C)n2)cc1O. The lowest BCUT2D eigenvalue weighted by atomic mass is 10.1. The number of phenols is 1. The van der Waals surface area contributed by atoms with Crippen molar-refractivity contribution in [1.82, 2.24) is 29.9 Å². The van der Waals surface area contributed by atoms with E-state index < -0.39 is 0 Å². The molecule has 0 bridgehead atoms. The van der Waals surface area contributed by atoms with E-state index in [1.807, 2.05) is 84.0 Å². The van der Waals surface area contributed by atoms with Gasteiger partial charge in [-0.1, -0.05) is 17.7 Å². The van der Waals surface area contributed by atoms with Crippen LogP contribution in [0.25, 0.3) is 22.5 Å². The van der Waals surface area contributed by atoms with E-state index in [4.69, 9.17) is 22.1 Å². The van der Waals surface area contributed by atoms with Crippen molar-refractivity contribution in [1.29, 1.82) is 10.5 Å². The average Bonchev–Trinajstić information content (AvgIpc) is 3.53. The monoisotopic (exact) mass is 656 g/mol. The van der Waals surface area contributed by atoms with Gasteiger partial charge in [0.15, 0.2) is 0 Å². The van der Waals surface area contributed by atoms with E-state index >= 15 is 0 Å². The van der Waals surface area contributed by atoms with Crippen molar-refractivity contribution >= 4 is 34.9 Å². The third-order valence-electron chi connectivity index (χ3n) is 7.80. The van der Waals surface area contributed by atoms with Gasteiger partial charge in [-0.25, -0.2) is 19.9 Å². The molecule has 240 valence electrons. The van der Waals surface area contributed by atoms with Crippen molar-refractivity contribution in [3.8, 4) is 40.4 Å². The molecule has 11 nitrogen and oxygen atoms in total. The number of H-pyrrole nitrogens is 2. The Hall–Kier alpha value is -6.17. The Morgan fingerprint density at radius 2 is 1.15 bits per heavy atom. The van der Waals surface area contributed by atoms with Crippen LogP contribution in [-0.4, -0.2) is 35.0 Å². The van der Waals surface area contributed by atoms with Crippen LogP contribution in [0.3, 0.4) is 0 Å². The lowest BCUT2D eigenvalue weighted by Gasteiger charge is -2.08. The van der Waals surface area contributed by atoms with E-state index in [0.717, 1.165) is 66.9 Å². The maximum absolute atomic E-state index is 9.80. The zero-order chi connectivity index (χ0) is 34.5. The maximum atomic E-state index is 9.80. The van der Waals surface area contributed by atoms with Gasteiger partial charge >= 0.3 is 0 Å². The Bertz CT molecular complexity index is 2060. The zero-order valence-electron chi connectivity index (χ0n) is 27.3. The number of benzene rings is 2. The molecule has 0 saturated carbocycles. The number of rotatable bonds is 6. The molecule has 0 fully saturated rings. The Morgan fingerprint density at radius 1 is 0.667 bits per heavy atom. The summed E-state index contributed by atoms with van der Waals surface area (Å²) in [7, 11) is 0. The number of hydrogen-bond donors (Lipinski definition) is 5. The second-order valence-corrected chi connectivity index (χ2v) is 11.6. The predicted molar refractivity (Wildman–Crippen MR) is 188 cm³/mol. The highest BCUT2D eigenvalue weighted by atomic mass is 35.5. The fourth-order valence-corrected chi connectivity index (χ4v) is 5.39. The summed E-state index contributed by atoms with van der Waals surface area (Å²) in [5, 5.41) is 35.1. The van der Waals surface area contributed by atoms with Crippen LogP contribution in [0.1, 0.15) is 45.0 Å². The minimum atomic E-state index is 0.215. The molecule has 4 aromatic heterocycles. The minimum Gasteiger partial charge on any atom is -0.508 e. The normalized spacial score (nSPS) is 10.4. The van der Waals surface area contributed by atoms with Crippen LogP contribution in [0.4, 0.5) is 23.3 Å². The number of phenolic OH excluding ortho intramolecular Hbond substituents is 1. The number of anilines is 4. The molecule has 0 aliphatic carbocycles. The summed E-state index contributed by atoms with van der Waals surface area (Å²) in [6, 6.07) is 18.9. The van der Waals surface area contributed by atoms with E-state index in [2.05, 4.69) is 52.7 Å². The van der Waals surface area contributed by atoms with E-state index in [1.165, 1.54) is 0 Å². The molecule has 2 aromatic carbocycles. The maximum Gasteiger partial charge on any atom is 0.227 e. The molecular weight excluding hydrogens is 624 g/mol. The first-order valence-corrected chi connectivity index (χ1v) is 15.3. The number of aromatic amines is 2. The summed E-state index contributed by atoms with van der Waals surface area (Å²) in [6.45, 7) is 11.4. The van der Waals surface area contributed by atoms with Crippen molar-refractivity contribution in [2.45, 2.75) is 41.5 Å². The molecule has 0 amide bonds. The van der Waals surface area contributed by atoms with E-state index in [1.54, 1.807) is 18.5 Å². The van der Waals surface area contributed by atoms with Gasteiger partial charge in [0, 0.05) is 57.4 Å². The summed E-state index contributed by atoms with van der Waals surface area (Å²) >= 11 is 6.05. The number of nitrogens with zero attached hydrogens (tertiary/aromatic N) is 6. The van der Waals surface area contributed by atoms with Crippen molar-refractivity contribution in [3.05, 3.63) is 111 Å². The molecule has 6 rings (SSSR count). The number of aromatic nitrogens is 6. The molecule has 0 saturated heterocycles. The highest BCUT2D eigenvalue weighted by Crippen LogP contribution is 2.30. The van der Waals surface area contributed by atoms with Crippen LogP contribution in [0.2, 0.25) is 5.02 Å². The number of hydrogen-bond acceptors (Lipinski definition) is 9. The van der Waals surface area contributed by atoms with Crippen LogP contribution < -0.4 is 10.6 Å². The van der Waals surface area contributed by atoms with Crippen molar-refractivity contribution < 1.29 is 5.11 Å². The number of nitriles is 2. The van der Waals surface area contributed by atoms with Crippen LogP contribution in [-0.2, 0) is 0 Å². The van der Waals surface area contributed by atoms with Crippen molar-refractivity contribution in [3.63, 3.8) is 0 Å². The smallest absolute Gasteiger partial charge is 0.227 e. The van der Waals surface area contributed by atoms with E-state index in [0.29, 0.717) is 29.0 Å². The van der Waals surface area contributed by atoms with Gasteiger partial charge in [-0.15, -0.1) is 0 Å². The molecule has 0 radical (unpaired) electrons. The molecule has 0 aliphatic heterocycles. The number of nitrogens with one attached hydrogen (secondary N) is 4. The van der Waals surface area contributed by atoms with Gasteiger partial charge in [-0.3, -0.25) is 0 Å². The second-order valence-electron chi connectivity index (χ2n) is 11.2. The van der Waals surface area contributed by atoms with Gasteiger partial charge in [-0.2, -0.15) is 10.5 Å². The summed E-state index contributed by atoms with van der Waals surface area (Å²) in [5.41, 5.74) is 11.4. The quantitative estimate of drug-likeness (QED) is 0.118. The molecule has 48 heavy (non-hydrogen) atoms. The molecule has 0 aliphatic rings. The predicted octanol–water partition coefficient (Wildman–Crippen LogP) is 8.38. The molecule has 0 unspecified atom stereocenters. The molecule has 5 N–H and O–H groups in total. The highest BCUT2D eigenvalue weighted by molar-refractivity contribution is 6.31. The molecule has 0 spiro atoms. The van der Waals surface area contributed by atoms with Crippen molar-refractivity contribution in [2.24, 2.45) is 0 Å². The van der Waals surface area contributed by atoms with E-state index in [-0.39, 0.29) is 5.75 Å². The summed E-state index contributed by atoms with van der Waals surface area (Å²) < 4.78 is 0. The highest BCUT2D eigenvalue weighted by Gasteiger charge is 2.16. The first kappa shape index (κ1) is 33.2. The fraction of sp³-hybridized carbons (Fsp3) is 0.167. The van der Waals surface area contributed by atoms with Gasteiger partial charge in [-0.05, 0) is 100 Å². The lowest BCUT2D eigenvalue weighted by Crippen LogP contribution is -1.98. The number of aryl methyl sites for hydroxylation is 4. The minimum absolute atomic E-state index is 0.215. The van der Waals surface area contributed by atoms with Crippen molar-refractivity contribution in [2.75, 3.05) is 10.6 Å². The number of halogens is 1.